The van der Waals surface area contributed by atoms with Crippen molar-refractivity contribution in [3.8, 4) is 17.2 Å². The quantitative estimate of drug-likeness (QED) is 0.258. The molecule has 1 amide bonds. The molecule has 0 aliphatic carbocycles. The topological polar surface area (TPSA) is 122 Å². The number of benzene rings is 2. The van der Waals surface area contributed by atoms with E-state index in [1.54, 1.807) is 30.3 Å². The maximum Gasteiger partial charge on any atom is 0.328 e. The number of carbonyl (C=O) groups is 3. The molecule has 212 valence electrons. The number of methoxy groups -OCH3 is 1. The van der Waals surface area contributed by atoms with E-state index >= 15 is 0 Å². The summed E-state index contributed by atoms with van der Waals surface area (Å²) in [6.07, 6.45) is -0.916. The number of para-hydroxylation sites is 1. The van der Waals surface area contributed by atoms with Crippen LogP contribution in [-0.2, 0) is 19.1 Å². The van der Waals surface area contributed by atoms with Gasteiger partial charge >= 0.3 is 11.9 Å². The molecule has 0 unspecified atom stereocenters. The molecule has 1 N–H and O–H groups in total. The second-order valence-electron chi connectivity index (χ2n) is 8.44. The molecular formula is C28H28F2N2O8. The minimum Gasteiger partial charge on any atom is -0.493 e. The van der Waals surface area contributed by atoms with Gasteiger partial charge in [0.25, 0.3) is 5.91 Å². The Morgan fingerprint density at radius 2 is 1.75 bits per heavy atom. The van der Waals surface area contributed by atoms with Gasteiger partial charge in [0.2, 0.25) is 6.79 Å². The SMILES string of the molecule is COc1ccnc(C(=O)N[C@@H](C)C(=O)O[C@@H](C)[C@H](Oc2ccccc2)c2ccc(F)cc2F)c1OCOC(C)=O. The van der Waals surface area contributed by atoms with Crippen LogP contribution in [0, 0.1) is 11.6 Å². The lowest BCUT2D eigenvalue weighted by atomic mass is 10.0. The smallest absolute Gasteiger partial charge is 0.328 e. The van der Waals surface area contributed by atoms with Crippen LogP contribution >= 0.6 is 0 Å². The van der Waals surface area contributed by atoms with E-state index < -0.39 is 54.5 Å². The zero-order valence-corrected chi connectivity index (χ0v) is 22.2. The molecular weight excluding hydrogens is 530 g/mol. The Morgan fingerprint density at radius 1 is 1.02 bits per heavy atom. The molecule has 3 aromatic rings. The normalized spacial score (nSPS) is 12.8. The minimum absolute atomic E-state index is 0.0302. The first-order valence-electron chi connectivity index (χ1n) is 12.1. The van der Waals surface area contributed by atoms with Crippen molar-refractivity contribution in [3.05, 3.63) is 83.7 Å². The molecule has 3 atom stereocenters. The zero-order chi connectivity index (χ0) is 29.2. The molecule has 0 spiro atoms. The first kappa shape index (κ1) is 29.8. The number of nitrogens with zero attached hydrogens (tertiary/aromatic N) is 1. The van der Waals surface area contributed by atoms with Crippen molar-refractivity contribution in [2.45, 2.75) is 39.0 Å². The Bertz CT molecular complexity index is 1340. The standard InChI is InChI=1S/C28H28F2N2O8/c1-16(32-27(34)24-26(38-15-37-18(3)33)23(36-4)12-13-31-24)28(35)39-17(2)25(40-20-8-6-5-7-9-20)21-11-10-19(29)14-22(21)30/h5-14,16-17,25H,15H2,1-4H3,(H,32,34)/t16-,17-,25-/m0/s1. The molecule has 0 fully saturated rings. The van der Waals surface area contributed by atoms with Crippen LogP contribution in [0.15, 0.2) is 60.8 Å². The predicted octanol–water partition coefficient (Wildman–Crippen LogP) is 4.14. The summed E-state index contributed by atoms with van der Waals surface area (Å²) in [6, 6.07) is 11.7. The second kappa shape index (κ2) is 13.9. The van der Waals surface area contributed by atoms with Gasteiger partial charge in [-0.05, 0) is 38.1 Å². The molecule has 0 radical (unpaired) electrons. The molecule has 0 saturated heterocycles. The minimum atomic E-state index is -1.19. The second-order valence-corrected chi connectivity index (χ2v) is 8.44. The fourth-order valence-electron chi connectivity index (χ4n) is 3.52. The van der Waals surface area contributed by atoms with E-state index in [0.29, 0.717) is 11.8 Å². The molecule has 1 heterocycles. The van der Waals surface area contributed by atoms with E-state index in [0.717, 1.165) is 6.07 Å². The first-order chi connectivity index (χ1) is 19.1. The average Bonchev–Trinajstić information content (AvgIpc) is 2.92. The van der Waals surface area contributed by atoms with E-state index in [4.69, 9.17) is 23.7 Å². The van der Waals surface area contributed by atoms with Crippen LogP contribution in [-0.4, -0.2) is 48.9 Å². The monoisotopic (exact) mass is 558 g/mol. The summed E-state index contributed by atoms with van der Waals surface area (Å²) < 4.78 is 55.0. The third-order valence-corrected chi connectivity index (χ3v) is 5.47. The van der Waals surface area contributed by atoms with Crippen LogP contribution < -0.4 is 19.5 Å². The van der Waals surface area contributed by atoms with Gasteiger partial charge in [-0.2, -0.15) is 0 Å². The van der Waals surface area contributed by atoms with Crippen LogP contribution in [0.4, 0.5) is 8.78 Å². The van der Waals surface area contributed by atoms with Crippen LogP contribution in [0.25, 0.3) is 0 Å². The van der Waals surface area contributed by atoms with Crippen molar-refractivity contribution in [2.75, 3.05) is 13.9 Å². The molecule has 3 rings (SSSR count). The number of hydrogen-bond donors (Lipinski definition) is 1. The van der Waals surface area contributed by atoms with Crippen molar-refractivity contribution in [1.82, 2.24) is 10.3 Å². The van der Waals surface area contributed by atoms with Gasteiger partial charge in [0.1, 0.15) is 29.5 Å². The molecule has 10 nitrogen and oxygen atoms in total. The summed E-state index contributed by atoms with van der Waals surface area (Å²) >= 11 is 0. The third-order valence-electron chi connectivity index (χ3n) is 5.47. The molecule has 40 heavy (non-hydrogen) atoms. The van der Waals surface area contributed by atoms with Crippen molar-refractivity contribution in [2.24, 2.45) is 0 Å². The van der Waals surface area contributed by atoms with Crippen molar-refractivity contribution in [1.29, 1.82) is 0 Å². The molecule has 0 aliphatic rings. The number of ether oxygens (including phenoxy) is 5. The lowest BCUT2D eigenvalue weighted by molar-refractivity contribution is -0.155. The lowest BCUT2D eigenvalue weighted by Crippen LogP contribution is -2.42. The third kappa shape index (κ3) is 7.88. The number of hydrogen-bond acceptors (Lipinski definition) is 9. The highest BCUT2D eigenvalue weighted by atomic mass is 19.1. The summed E-state index contributed by atoms with van der Waals surface area (Å²) in [7, 11) is 1.34. The van der Waals surface area contributed by atoms with E-state index in [9.17, 15) is 23.2 Å². The Balaban J connectivity index is 1.75. The number of amides is 1. The summed E-state index contributed by atoms with van der Waals surface area (Å²) in [5, 5.41) is 2.46. The van der Waals surface area contributed by atoms with Gasteiger partial charge in [0.15, 0.2) is 23.3 Å². The van der Waals surface area contributed by atoms with Gasteiger partial charge in [0, 0.05) is 30.8 Å². The van der Waals surface area contributed by atoms with Gasteiger partial charge in [-0.3, -0.25) is 9.59 Å². The Labute approximate surface area is 229 Å². The maximum atomic E-state index is 14.7. The van der Waals surface area contributed by atoms with Crippen LogP contribution in [0.5, 0.6) is 17.2 Å². The summed E-state index contributed by atoms with van der Waals surface area (Å²) in [5.41, 5.74) is -0.268. The van der Waals surface area contributed by atoms with Crippen LogP contribution in [0.2, 0.25) is 0 Å². The predicted molar refractivity (Wildman–Crippen MR) is 137 cm³/mol. The van der Waals surface area contributed by atoms with Gasteiger partial charge < -0.3 is 29.0 Å². The highest BCUT2D eigenvalue weighted by Gasteiger charge is 2.31. The average molecular weight is 559 g/mol. The highest BCUT2D eigenvalue weighted by Crippen LogP contribution is 2.31. The summed E-state index contributed by atoms with van der Waals surface area (Å²) in [5.74, 6) is -3.54. The lowest BCUT2D eigenvalue weighted by Gasteiger charge is -2.27. The van der Waals surface area contributed by atoms with Gasteiger partial charge in [-0.15, -0.1) is 0 Å². The maximum absolute atomic E-state index is 14.7. The Kier molecular flexibility index (Phi) is 10.3. The van der Waals surface area contributed by atoms with E-state index in [1.807, 2.05) is 0 Å². The number of rotatable bonds is 12. The number of carbonyl (C=O) groups excluding carboxylic acids is 3. The number of pyridine rings is 1. The highest BCUT2D eigenvalue weighted by molar-refractivity contribution is 5.98. The van der Waals surface area contributed by atoms with Gasteiger partial charge in [-0.25, -0.2) is 18.6 Å². The van der Waals surface area contributed by atoms with E-state index in [2.05, 4.69) is 10.3 Å². The van der Waals surface area contributed by atoms with Crippen molar-refractivity contribution >= 4 is 17.8 Å². The van der Waals surface area contributed by atoms with E-state index in [-0.39, 0.29) is 22.8 Å². The zero-order valence-electron chi connectivity index (χ0n) is 22.2. The van der Waals surface area contributed by atoms with E-state index in [1.165, 1.54) is 46.2 Å². The van der Waals surface area contributed by atoms with Crippen molar-refractivity contribution < 1.29 is 46.8 Å². The number of esters is 2. The molecule has 1 aromatic heterocycles. The Hall–Kier alpha value is -4.74. The number of halogens is 2. The Morgan fingerprint density at radius 3 is 2.40 bits per heavy atom. The molecule has 0 bridgehead atoms. The molecule has 2 aromatic carbocycles. The molecule has 0 aliphatic heterocycles. The fourth-order valence-corrected chi connectivity index (χ4v) is 3.52. The summed E-state index contributed by atoms with van der Waals surface area (Å²) in [6.45, 7) is 3.53. The number of nitrogens with one attached hydrogen (secondary N) is 1. The van der Waals surface area contributed by atoms with Crippen LogP contribution in [0.3, 0.4) is 0 Å². The largest absolute Gasteiger partial charge is 0.493 e. The molecule has 0 saturated carbocycles. The van der Waals surface area contributed by atoms with Crippen LogP contribution in [0.1, 0.15) is 42.9 Å². The summed E-state index contributed by atoms with van der Waals surface area (Å²) in [4.78, 5) is 40.9. The number of aromatic nitrogens is 1. The fraction of sp³-hybridized carbons (Fsp3) is 0.286. The van der Waals surface area contributed by atoms with Gasteiger partial charge in [0.05, 0.1) is 7.11 Å². The molecule has 12 heteroatoms. The van der Waals surface area contributed by atoms with Crippen molar-refractivity contribution in [3.63, 3.8) is 0 Å². The van der Waals surface area contributed by atoms with Gasteiger partial charge in [-0.1, -0.05) is 18.2 Å². The first-order valence-corrected chi connectivity index (χ1v) is 12.1.